The van der Waals surface area contributed by atoms with E-state index in [1.807, 2.05) is 17.0 Å². The first-order valence-corrected chi connectivity index (χ1v) is 8.87. The lowest BCUT2D eigenvalue weighted by atomic mass is 10.0. The summed E-state index contributed by atoms with van der Waals surface area (Å²) in [5.74, 6) is 0.711. The molecule has 1 heterocycles. The van der Waals surface area contributed by atoms with Crippen LogP contribution in [0.3, 0.4) is 0 Å². The van der Waals surface area contributed by atoms with Gasteiger partial charge in [0.25, 0.3) is 0 Å². The van der Waals surface area contributed by atoms with Crippen LogP contribution in [-0.4, -0.2) is 35.7 Å². The molecule has 2 aromatic rings. The van der Waals surface area contributed by atoms with E-state index < -0.39 is 0 Å². The van der Waals surface area contributed by atoms with Gasteiger partial charge in [-0.2, -0.15) is 0 Å². The number of nitrogens with zero attached hydrogens (tertiary/aromatic N) is 1. The van der Waals surface area contributed by atoms with Crippen molar-refractivity contribution >= 4 is 28.4 Å². The van der Waals surface area contributed by atoms with Crippen LogP contribution in [0.5, 0.6) is 0 Å². The Hall–Kier alpha value is -1.52. The Bertz CT molecular complexity index is 658. The van der Waals surface area contributed by atoms with Crippen LogP contribution in [0.15, 0.2) is 47.4 Å². The quantitative estimate of drug-likeness (QED) is 0.881. The summed E-state index contributed by atoms with van der Waals surface area (Å²) in [5.41, 5.74) is 5.80. The molecule has 1 aliphatic heterocycles. The highest BCUT2D eigenvalue weighted by Gasteiger charge is 2.25. The highest BCUT2D eigenvalue weighted by Crippen LogP contribution is 2.25. The van der Waals surface area contributed by atoms with E-state index in [4.69, 9.17) is 5.73 Å². The van der Waals surface area contributed by atoms with Crippen LogP contribution in [0, 0.1) is 0 Å². The van der Waals surface area contributed by atoms with Crippen LogP contribution >= 0.6 is 11.8 Å². The molecule has 0 spiro atoms. The number of fused-ring (bicyclic) bond motifs is 1. The summed E-state index contributed by atoms with van der Waals surface area (Å²) in [7, 11) is 0. The number of thioether (sulfide) groups is 1. The average molecular weight is 314 g/mol. The molecule has 4 heteroatoms. The van der Waals surface area contributed by atoms with E-state index in [9.17, 15) is 4.79 Å². The fraction of sp³-hybridized carbons (Fsp3) is 0.389. The highest BCUT2D eigenvalue weighted by atomic mass is 32.2. The Balaban J connectivity index is 1.64. The van der Waals surface area contributed by atoms with E-state index in [0.29, 0.717) is 12.3 Å². The zero-order valence-corrected chi connectivity index (χ0v) is 13.5. The number of likely N-dealkylation sites (tertiary alicyclic amines) is 1. The van der Waals surface area contributed by atoms with E-state index in [1.165, 1.54) is 17.2 Å². The third kappa shape index (κ3) is 3.45. The number of benzene rings is 2. The number of hydrogen-bond acceptors (Lipinski definition) is 3. The number of hydrogen-bond donors (Lipinski definition) is 1. The molecule has 1 unspecified atom stereocenters. The Morgan fingerprint density at radius 2 is 2.00 bits per heavy atom. The van der Waals surface area contributed by atoms with Crippen LogP contribution in [0.4, 0.5) is 0 Å². The lowest BCUT2D eigenvalue weighted by molar-refractivity contribution is -0.131. The lowest BCUT2D eigenvalue weighted by Crippen LogP contribution is -2.48. The molecule has 0 aromatic heterocycles. The van der Waals surface area contributed by atoms with Gasteiger partial charge in [0, 0.05) is 24.0 Å². The second-order valence-electron chi connectivity index (χ2n) is 5.77. The van der Waals surface area contributed by atoms with Gasteiger partial charge in [0.1, 0.15) is 0 Å². The van der Waals surface area contributed by atoms with Gasteiger partial charge in [-0.3, -0.25) is 4.79 Å². The summed E-state index contributed by atoms with van der Waals surface area (Å²) in [5, 5.41) is 2.45. The minimum atomic E-state index is 0.216. The van der Waals surface area contributed by atoms with Crippen molar-refractivity contribution in [2.45, 2.75) is 30.2 Å². The Morgan fingerprint density at radius 3 is 2.82 bits per heavy atom. The minimum Gasteiger partial charge on any atom is -0.338 e. The van der Waals surface area contributed by atoms with Crippen molar-refractivity contribution in [2.75, 3.05) is 18.8 Å². The molecule has 0 saturated carbocycles. The van der Waals surface area contributed by atoms with Gasteiger partial charge < -0.3 is 10.6 Å². The highest BCUT2D eigenvalue weighted by molar-refractivity contribution is 8.00. The molecule has 0 aliphatic carbocycles. The van der Waals surface area contributed by atoms with Gasteiger partial charge in [-0.25, -0.2) is 0 Å². The molecule has 1 atom stereocenters. The predicted octanol–water partition coefficient (Wildman–Crippen LogP) is 3.27. The molecule has 3 rings (SSSR count). The first kappa shape index (κ1) is 15.4. The zero-order valence-electron chi connectivity index (χ0n) is 12.7. The third-order valence-corrected chi connectivity index (χ3v) is 5.28. The van der Waals surface area contributed by atoms with Gasteiger partial charge >= 0.3 is 0 Å². The lowest BCUT2D eigenvalue weighted by Gasteiger charge is -2.35. The molecule has 1 amide bonds. The molecule has 3 nitrogen and oxygen atoms in total. The first-order valence-electron chi connectivity index (χ1n) is 7.89. The minimum absolute atomic E-state index is 0.216. The number of carbonyl (C=O) groups is 1. The number of nitrogens with two attached hydrogens (primary N) is 1. The van der Waals surface area contributed by atoms with Crippen molar-refractivity contribution in [1.29, 1.82) is 0 Å². The summed E-state index contributed by atoms with van der Waals surface area (Å²) in [4.78, 5) is 15.6. The van der Waals surface area contributed by atoms with E-state index in [0.717, 1.165) is 24.3 Å². The SMILES string of the molecule is NCC1CCCCN1C(=O)CSc1ccc2ccccc2c1. The molecule has 116 valence electrons. The average Bonchev–Trinajstić information content (AvgIpc) is 2.59. The van der Waals surface area contributed by atoms with Gasteiger partial charge in [-0.05, 0) is 42.2 Å². The van der Waals surface area contributed by atoms with Gasteiger partial charge in [0.05, 0.1) is 5.75 Å². The largest absolute Gasteiger partial charge is 0.338 e. The Labute approximate surface area is 135 Å². The van der Waals surface area contributed by atoms with Crippen LogP contribution in [0.1, 0.15) is 19.3 Å². The number of carbonyl (C=O) groups excluding carboxylic acids is 1. The van der Waals surface area contributed by atoms with Gasteiger partial charge in [-0.15, -0.1) is 11.8 Å². The molecule has 1 saturated heterocycles. The number of rotatable bonds is 4. The first-order chi connectivity index (χ1) is 10.8. The zero-order chi connectivity index (χ0) is 15.4. The van der Waals surface area contributed by atoms with Crippen LogP contribution < -0.4 is 5.73 Å². The van der Waals surface area contributed by atoms with Crippen molar-refractivity contribution in [3.8, 4) is 0 Å². The molecule has 1 fully saturated rings. The summed E-state index contributed by atoms with van der Waals surface area (Å²) in [6, 6.07) is 14.9. The van der Waals surface area contributed by atoms with Gasteiger partial charge in [0.15, 0.2) is 0 Å². The summed E-state index contributed by atoms with van der Waals surface area (Å²) in [6.07, 6.45) is 3.33. The van der Waals surface area contributed by atoms with Crippen molar-refractivity contribution in [3.63, 3.8) is 0 Å². The summed E-state index contributed by atoms with van der Waals surface area (Å²) < 4.78 is 0. The smallest absolute Gasteiger partial charge is 0.233 e. The second kappa shape index (κ2) is 7.16. The van der Waals surface area contributed by atoms with Crippen LogP contribution in [0.25, 0.3) is 10.8 Å². The molecule has 1 aliphatic rings. The van der Waals surface area contributed by atoms with Gasteiger partial charge in [0.2, 0.25) is 5.91 Å². The van der Waals surface area contributed by atoms with E-state index in [-0.39, 0.29) is 11.9 Å². The van der Waals surface area contributed by atoms with Crippen molar-refractivity contribution < 1.29 is 4.79 Å². The van der Waals surface area contributed by atoms with Crippen molar-refractivity contribution in [2.24, 2.45) is 5.73 Å². The standard InChI is InChI=1S/C18H22N2OS/c19-12-16-7-3-4-10-20(16)18(21)13-22-17-9-8-14-5-1-2-6-15(14)11-17/h1-2,5-6,8-9,11,16H,3-4,7,10,12-13,19H2. The van der Waals surface area contributed by atoms with Gasteiger partial charge in [-0.1, -0.05) is 30.3 Å². The Morgan fingerprint density at radius 1 is 1.18 bits per heavy atom. The third-order valence-electron chi connectivity index (χ3n) is 4.30. The second-order valence-corrected chi connectivity index (χ2v) is 6.82. The van der Waals surface area contributed by atoms with Crippen LogP contribution in [0.2, 0.25) is 0 Å². The van der Waals surface area contributed by atoms with E-state index in [2.05, 4.69) is 30.3 Å². The molecule has 22 heavy (non-hydrogen) atoms. The molecular formula is C18H22N2OS. The van der Waals surface area contributed by atoms with Crippen molar-refractivity contribution in [1.82, 2.24) is 4.90 Å². The maximum absolute atomic E-state index is 12.5. The van der Waals surface area contributed by atoms with Crippen LogP contribution in [-0.2, 0) is 4.79 Å². The van der Waals surface area contributed by atoms with E-state index in [1.54, 1.807) is 11.8 Å². The Kier molecular flexibility index (Phi) is 5.01. The van der Waals surface area contributed by atoms with E-state index >= 15 is 0 Å². The molecule has 2 N–H and O–H groups in total. The monoisotopic (exact) mass is 314 g/mol. The molecule has 0 bridgehead atoms. The fourth-order valence-corrected chi connectivity index (χ4v) is 3.89. The summed E-state index contributed by atoms with van der Waals surface area (Å²) in [6.45, 7) is 1.44. The molecule has 2 aromatic carbocycles. The molecular weight excluding hydrogens is 292 g/mol. The van der Waals surface area contributed by atoms with Crippen molar-refractivity contribution in [3.05, 3.63) is 42.5 Å². The number of amides is 1. The predicted molar refractivity (Wildman–Crippen MR) is 93.1 cm³/mol. The number of piperidine rings is 1. The fourth-order valence-electron chi connectivity index (χ4n) is 3.06. The maximum Gasteiger partial charge on any atom is 0.233 e. The topological polar surface area (TPSA) is 46.3 Å². The molecule has 0 radical (unpaired) electrons. The normalized spacial score (nSPS) is 18.6. The summed E-state index contributed by atoms with van der Waals surface area (Å²) >= 11 is 1.62. The maximum atomic E-state index is 12.5.